The van der Waals surface area contributed by atoms with Crippen molar-refractivity contribution in [3.63, 3.8) is 0 Å². The molecule has 0 amide bonds. The molecule has 0 fully saturated rings. The van der Waals surface area contributed by atoms with Gasteiger partial charge in [0.2, 0.25) is 0 Å². The molecule has 0 heterocycles. The van der Waals surface area contributed by atoms with Gasteiger partial charge in [-0.05, 0) is 24.3 Å². The summed E-state index contributed by atoms with van der Waals surface area (Å²) in [5.74, 6) is 1.63. The minimum absolute atomic E-state index is 0.547. The van der Waals surface area contributed by atoms with E-state index in [-0.39, 0.29) is 0 Å². The van der Waals surface area contributed by atoms with E-state index in [0.717, 1.165) is 24.3 Å². The number of rotatable bonds is 18. The Bertz CT molecular complexity index is 335. The number of hydrogen-bond acceptors (Lipinski definition) is 4. The SMILES string of the molecule is CCCCCCCCCCS(CCCCCCCCCC)=P([O-])([O-])[S-].[S]=[Mo+3]. The average Bonchev–Trinajstić information content (AvgIpc) is 2.65. The van der Waals surface area contributed by atoms with Crippen molar-refractivity contribution < 1.29 is 27.8 Å². The van der Waals surface area contributed by atoms with E-state index in [0.29, 0.717) is 0 Å². The first-order valence-corrected chi connectivity index (χ1v) is 18.5. The van der Waals surface area contributed by atoms with E-state index in [9.17, 15) is 9.79 Å². The van der Waals surface area contributed by atoms with Crippen LogP contribution < -0.4 is 9.79 Å². The first kappa shape index (κ1) is 31.1. The van der Waals surface area contributed by atoms with Crippen LogP contribution in [0.3, 0.4) is 0 Å². The second-order valence-corrected chi connectivity index (χ2v) is 15.0. The molecule has 0 spiro atoms. The van der Waals surface area contributed by atoms with Crippen molar-refractivity contribution in [1.29, 1.82) is 0 Å². The zero-order valence-corrected chi connectivity index (χ0v) is 23.0. The molecule has 27 heavy (non-hydrogen) atoms. The molecule has 0 radical (unpaired) electrons. The van der Waals surface area contributed by atoms with Crippen molar-refractivity contribution in [2.45, 2.75) is 117 Å². The Morgan fingerprint density at radius 2 is 0.889 bits per heavy atom. The molecule has 0 aromatic rings. The third kappa shape index (κ3) is 24.1. The summed E-state index contributed by atoms with van der Waals surface area (Å²) in [5, 5.41) is 0. The van der Waals surface area contributed by atoms with Crippen molar-refractivity contribution in [2.24, 2.45) is 0 Å². The molecule has 0 aliphatic heterocycles. The van der Waals surface area contributed by atoms with Crippen LogP contribution in [-0.2, 0) is 40.3 Å². The molecule has 0 atom stereocenters. The monoisotopic (exact) mass is 539 g/mol. The fourth-order valence-electron chi connectivity index (χ4n) is 3.13. The number of unbranched alkanes of at least 4 members (excludes halogenated alkanes) is 14. The minimum atomic E-state index is -3.56. The first-order chi connectivity index (χ1) is 13.0. The van der Waals surface area contributed by atoms with Crippen molar-refractivity contribution in [3.05, 3.63) is 0 Å². The Labute approximate surface area is 192 Å². The second-order valence-electron chi connectivity index (χ2n) is 7.27. The molecular formula is C20H42MoO2PS3. The maximum atomic E-state index is 11.9. The Hall–Kier alpha value is 1.96. The van der Waals surface area contributed by atoms with Gasteiger partial charge in [-0.15, -0.1) is 0 Å². The van der Waals surface area contributed by atoms with Gasteiger partial charge in [0.15, 0.2) is 0 Å². The van der Waals surface area contributed by atoms with Gasteiger partial charge in [0, 0.05) is 0 Å². The summed E-state index contributed by atoms with van der Waals surface area (Å²) in [6.07, 6.45) is 20.1. The predicted octanol–water partition coefficient (Wildman–Crippen LogP) is 6.48. The van der Waals surface area contributed by atoms with Gasteiger partial charge in [-0.3, -0.25) is 0 Å². The molecule has 0 unspecified atom stereocenters. The van der Waals surface area contributed by atoms with E-state index < -0.39 is 15.8 Å². The van der Waals surface area contributed by atoms with Crippen LogP contribution in [0.4, 0.5) is 0 Å². The normalized spacial score (nSPS) is 11.6. The quantitative estimate of drug-likeness (QED) is 0.0869. The molecular weight excluding hydrogens is 495 g/mol. The molecule has 0 aromatic carbocycles. The van der Waals surface area contributed by atoms with Gasteiger partial charge >= 0.3 is 27.8 Å². The van der Waals surface area contributed by atoms with Crippen molar-refractivity contribution in [2.75, 3.05) is 11.5 Å². The number of hydrogen-bond donors (Lipinski definition) is 0. The third-order valence-electron chi connectivity index (χ3n) is 4.78. The van der Waals surface area contributed by atoms with Crippen LogP contribution in [0.1, 0.15) is 117 Å². The Kier molecular flexibility index (Phi) is 28.0. The van der Waals surface area contributed by atoms with Crippen molar-refractivity contribution >= 4 is 37.8 Å². The summed E-state index contributed by atoms with van der Waals surface area (Å²) in [6.45, 7) is 4.48. The van der Waals surface area contributed by atoms with Crippen LogP contribution >= 0.6 is 15.5 Å². The fourth-order valence-corrected chi connectivity index (χ4v) is 8.31. The molecule has 0 aliphatic rings. The molecule has 0 saturated carbocycles. The van der Waals surface area contributed by atoms with Crippen LogP contribution in [0.5, 0.6) is 0 Å². The van der Waals surface area contributed by atoms with E-state index in [2.05, 4.69) is 23.7 Å². The Morgan fingerprint density at radius 3 is 1.15 bits per heavy atom. The molecule has 2 nitrogen and oxygen atoms in total. The van der Waals surface area contributed by atoms with E-state index >= 15 is 0 Å². The summed E-state index contributed by atoms with van der Waals surface area (Å²) in [7, 11) is 3.55. The van der Waals surface area contributed by atoms with Gasteiger partial charge in [-0.2, -0.15) is 0 Å². The van der Waals surface area contributed by atoms with Crippen LogP contribution in [0.25, 0.3) is 0 Å². The molecule has 0 rings (SSSR count). The predicted molar refractivity (Wildman–Crippen MR) is 124 cm³/mol. The van der Waals surface area contributed by atoms with Gasteiger partial charge in [-0.25, -0.2) is 10.1 Å². The zero-order chi connectivity index (χ0) is 20.8. The molecule has 163 valence electrons. The van der Waals surface area contributed by atoms with E-state index in [1.165, 1.54) is 108 Å². The van der Waals surface area contributed by atoms with Gasteiger partial charge in [0.25, 0.3) is 0 Å². The van der Waals surface area contributed by atoms with Crippen LogP contribution in [0.2, 0.25) is 0 Å². The van der Waals surface area contributed by atoms with Crippen molar-refractivity contribution in [3.8, 4) is 0 Å². The summed E-state index contributed by atoms with van der Waals surface area (Å²) in [6, 6.07) is 0. The Morgan fingerprint density at radius 1 is 0.630 bits per heavy atom. The van der Waals surface area contributed by atoms with Gasteiger partial charge in [0.1, 0.15) is 0 Å². The topological polar surface area (TPSA) is 46.1 Å². The van der Waals surface area contributed by atoms with Crippen LogP contribution in [0, 0.1) is 0 Å². The van der Waals surface area contributed by atoms with Gasteiger partial charge < -0.3 is 27.7 Å². The van der Waals surface area contributed by atoms with Crippen molar-refractivity contribution in [1.82, 2.24) is 0 Å². The Balaban J connectivity index is 0. The molecule has 0 N–H and O–H groups in total. The molecule has 0 aliphatic carbocycles. The summed E-state index contributed by atoms with van der Waals surface area (Å²) < 4.78 is 0. The van der Waals surface area contributed by atoms with E-state index in [4.69, 9.17) is 12.2 Å². The average molecular weight is 538 g/mol. The third-order valence-corrected chi connectivity index (χ3v) is 11.8. The molecule has 0 bridgehead atoms. The summed E-state index contributed by atoms with van der Waals surface area (Å²) >= 11 is 6.35. The van der Waals surface area contributed by atoms with E-state index in [1.54, 1.807) is 0 Å². The second kappa shape index (κ2) is 24.2. The first-order valence-electron chi connectivity index (χ1n) is 10.9. The maximum absolute atomic E-state index is 11.9. The van der Waals surface area contributed by atoms with Gasteiger partial charge in [0.05, 0.1) is 0 Å². The van der Waals surface area contributed by atoms with Crippen LogP contribution in [-0.4, -0.2) is 11.5 Å². The van der Waals surface area contributed by atoms with Gasteiger partial charge in [-0.1, -0.05) is 104 Å². The standard InChI is InChI=1S/C20H42O2PS2.Mo.S/c1-3-5-7-9-11-13-15-17-19-25(23(21,22)24)20-18-16-14-12-10-8-6-4-2;;/h3-20H2,1-2H3;;/q-3;+3;. The fraction of sp³-hybridized carbons (Fsp3) is 1.00. The van der Waals surface area contributed by atoms with E-state index in [1.807, 2.05) is 0 Å². The summed E-state index contributed by atoms with van der Waals surface area (Å²) in [5.41, 5.74) is -3.56. The molecule has 0 saturated heterocycles. The molecule has 0 aromatic heterocycles. The van der Waals surface area contributed by atoms with Crippen LogP contribution in [0.15, 0.2) is 0 Å². The zero-order valence-electron chi connectivity index (χ0n) is 17.6. The summed E-state index contributed by atoms with van der Waals surface area (Å²) in [4.78, 5) is 23.7. The molecule has 7 heteroatoms.